The van der Waals surface area contributed by atoms with Gasteiger partial charge in [-0.1, -0.05) is 12.1 Å². The first-order chi connectivity index (χ1) is 13.4. The Morgan fingerprint density at radius 1 is 1.07 bits per heavy atom. The molecule has 2 aromatic carbocycles. The van der Waals surface area contributed by atoms with Crippen LogP contribution in [0, 0.1) is 0 Å². The molecule has 3 aromatic rings. The molecule has 0 bridgehead atoms. The second-order valence-electron chi connectivity index (χ2n) is 7.05. The minimum atomic E-state index is -3.78. The second kappa shape index (κ2) is 7.42. The maximum atomic E-state index is 12.6. The van der Waals surface area contributed by atoms with Crippen molar-refractivity contribution in [3.8, 4) is 0 Å². The predicted octanol–water partition coefficient (Wildman–Crippen LogP) is 1.67. The first-order valence-corrected chi connectivity index (χ1v) is 10.5. The van der Waals surface area contributed by atoms with E-state index in [-0.39, 0.29) is 10.5 Å². The molecule has 1 aromatic heterocycles. The molecule has 2 N–H and O–H groups in total. The largest absolute Gasteiger partial charge is 0.417 e. The van der Waals surface area contributed by atoms with Crippen molar-refractivity contribution in [1.29, 1.82) is 0 Å². The van der Waals surface area contributed by atoms with Crippen LogP contribution >= 0.6 is 0 Å². The van der Waals surface area contributed by atoms with E-state index in [0.29, 0.717) is 11.2 Å². The number of aromatic nitrogens is 1. The van der Waals surface area contributed by atoms with Gasteiger partial charge in [-0.25, -0.2) is 13.2 Å². The van der Waals surface area contributed by atoms with Gasteiger partial charge in [-0.15, -0.1) is 0 Å². The first-order valence-electron chi connectivity index (χ1n) is 9.05. The third-order valence-electron chi connectivity index (χ3n) is 4.91. The van der Waals surface area contributed by atoms with Crippen LogP contribution in [0.2, 0.25) is 0 Å². The Balaban J connectivity index is 1.45. The third kappa shape index (κ3) is 4.11. The minimum Gasteiger partial charge on any atom is -0.408 e. The van der Waals surface area contributed by atoms with Gasteiger partial charge in [0.1, 0.15) is 0 Å². The SMILES string of the molecule is CN1CCN(Cc2ccc(NS(=O)(=O)c3ccc4[nH]c(=O)oc4c3)cc2)CC1. The van der Waals surface area contributed by atoms with Crippen LogP contribution < -0.4 is 10.5 Å². The number of sulfonamides is 1. The molecule has 148 valence electrons. The number of rotatable bonds is 5. The summed E-state index contributed by atoms with van der Waals surface area (Å²) in [5, 5.41) is 0. The van der Waals surface area contributed by atoms with Gasteiger partial charge in [-0.05, 0) is 36.9 Å². The quantitative estimate of drug-likeness (QED) is 0.674. The fourth-order valence-electron chi connectivity index (χ4n) is 3.25. The number of benzene rings is 2. The zero-order chi connectivity index (χ0) is 19.7. The van der Waals surface area contributed by atoms with Gasteiger partial charge in [0.25, 0.3) is 10.0 Å². The second-order valence-corrected chi connectivity index (χ2v) is 8.74. The molecule has 0 amide bonds. The molecule has 1 saturated heterocycles. The van der Waals surface area contributed by atoms with E-state index in [1.54, 1.807) is 12.1 Å². The van der Waals surface area contributed by atoms with E-state index in [4.69, 9.17) is 4.42 Å². The number of oxazole rings is 1. The lowest BCUT2D eigenvalue weighted by molar-refractivity contribution is 0.148. The van der Waals surface area contributed by atoms with Crippen molar-refractivity contribution in [1.82, 2.24) is 14.8 Å². The summed E-state index contributed by atoms with van der Waals surface area (Å²) < 4.78 is 32.8. The molecule has 28 heavy (non-hydrogen) atoms. The fourth-order valence-corrected chi connectivity index (χ4v) is 4.32. The lowest BCUT2D eigenvalue weighted by Crippen LogP contribution is -2.43. The average Bonchev–Trinajstić information content (AvgIpc) is 3.04. The number of piperazine rings is 1. The summed E-state index contributed by atoms with van der Waals surface area (Å²) in [6.07, 6.45) is 0. The van der Waals surface area contributed by atoms with E-state index >= 15 is 0 Å². The highest BCUT2D eigenvalue weighted by molar-refractivity contribution is 7.92. The van der Waals surface area contributed by atoms with Crippen molar-refractivity contribution in [3.05, 3.63) is 58.6 Å². The summed E-state index contributed by atoms with van der Waals surface area (Å²) in [5.41, 5.74) is 2.29. The van der Waals surface area contributed by atoms with Crippen molar-refractivity contribution in [3.63, 3.8) is 0 Å². The first kappa shape index (κ1) is 18.7. The Hall–Kier alpha value is -2.62. The summed E-state index contributed by atoms with van der Waals surface area (Å²) in [7, 11) is -1.66. The van der Waals surface area contributed by atoms with E-state index in [2.05, 4.69) is 26.6 Å². The monoisotopic (exact) mass is 402 g/mol. The van der Waals surface area contributed by atoms with E-state index < -0.39 is 15.8 Å². The maximum Gasteiger partial charge on any atom is 0.417 e. The number of nitrogens with zero attached hydrogens (tertiary/aromatic N) is 2. The van der Waals surface area contributed by atoms with Gasteiger partial charge in [0, 0.05) is 44.5 Å². The van der Waals surface area contributed by atoms with Crippen LogP contribution in [-0.2, 0) is 16.6 Å². The van der Waals surface area contributed by atoms with E-state index in [0.717, 1.165) is 38.3 Å². The number of hydrogen-bond donors (Lipinski definition) is 2. The Bertz CT molecular complexity index is 1130. The standard InChI is InChI=1S/C19H22N4O4S/c1-22-8-10-23(11-9-22)13-14-2-4-15(5-3-14)21-28(25,26)16-6-7-17-18(12-16)27-19(24)20-17/h2-7,12,21H,8-11,13H2,1H3,(H,20,24). The molecule has 0 unspecified atom stereocenters. The normalized spacial score (nSPS) is 16.5. The van der Waals surface area contributed by atoms with Gasteiger partial charge >= 0.3 is 5.76 Å². The number of H-pyrrole nitrogens is 1. The zero-order valence-corrected chi connectivity index (χ0v) is 16.3. The van der Waals surface area contributed by atoms with Gasteiger partial charge in [-0.3, -0.25) is 14.6 Å². The van der Waals surface area contributed by atoms with Crippen molar-refractivity contribution in [2.24, 2.45) is 0 Å². The highest BCUT2D eigenvalue weighted by Crippen LogP contribution is 2.20. The summed E-state index contributed by atoms with van der Waals surface area (Å²) in [4.78, 5) is 18.5. The molecular weight excluding hydrogens is 380 g/mol. The fraction of sp³-hybridized carbons (Fsp3) is 0.316. The van der Waals surface area contributed by atoms with Crippen LogP contribution in [0.5, 0.6) is 0 Å². The molecule has 4 rings (SSSR count). The van der Waals surface area contributed by atoms with E-state index in [1.807, 2.05) is 12.1 Å². The van der Waals surface area contributed by atoms with Crippen LogP contribution in [-0.4, -0.2) is 56.4 Å². The number of aromatic amines is 1. The van der Waals surface area contributed by atoms with E-state index in [9.17, 15) is 13.2 Å². The molecule has 0 saturated carbocycles. The van der Waals surface area contributed by atoms with Crippen LogP contribution in [0.3, 0.4) is 0 Å². The predicted molar refractivity (Wildman–Crippen MR) is 107 cm³/mol. The van der Waals surface area contributed by atoms with Crippen LogP contribution in [0.1, 0.15) is 5.56 Å². The summed E-state index contributed by atoms with van der Waals surface area (Å²) in [5.74, 6) is -0.617. The summed E-state index contributed by atoms with van der Waals surface area (Å²) >= 11 is 0. The molecule has 1 aliphatic heterocycles. The zero-order valence-electron chi connectivity index (χ0n) is 15.5. The van der Waals surface area contributed by atoms with Crippen LogP contribution in [0.25, 0.3) is 11.1 Å². The van der Waals surface area contributed by atoms with Crippen LogP contribution in [0.4, 0.5) is 5.69 Å². The molecule has 2 heterocycles. The number of likely N-dealkylation sites (N-methyl/N-ethyl adjacent to an activating group) is 1. The number of hydrogen-bond acceptors (Lipinski definition) is 6. The summed E-state index contributed by atoms with van der Waals surface area (Å²) in [6, 6.07) is 11.7. The maximum absolute atomic E-state index is 12.6. The van der Waals surface area contributed by atoms with Crippen molar-refractivity contribution in [2.75, 3.05) is 37.9 Å². The van der Waals surface area contributed by atoms with E-state index in [1.165, 1.54) is 18.2 Å². The number of nitrogens with one attached hydrogen (secondary N) is 2. The highest BCUT2D eigenvalue weighted by Gasteiger charge is 2.17. The molecule has 1 fully saturated rings. The Kier molecular flexibility index (Phi) is 4.96. The van der Waals surface area contributed by atoms with Crippen molar-refractivity contribution in [2.45, 2.75) is 11.4 Å². The Morgan fingerprint density at radius 3 is 2.50 bits per heavy atom. The van der Waals surface area contributed by atoms with Crippen LogP contribution in [0.15, 0.2) is 56.6 Å². The van der Waals surface area contributed by atoms with Gasteiger partial charge in [0.2, 0.25) is 0 Å². The van der Waals surface area contributed by atoms with Gasteiger partial charge in [0.15, 0.2) is 5.58 Å². The lowest BCUT2D eigenvalue weighted by Gasteiger charge is -2.32. The highest BCUT2D eigenvalue weighted by atomic mass is 32.2. The number of anilines is 1. The van der Waals surface area contributed by atoms with Crippen molar-refractivity contribution >= 4 is 26.8 Å². The van der Waals surface area contributed by atoms with Gasteiger partial charge in [0.05, 0.1) is 10.4 Å². The average molecular weight is 402 g/mol. The lowest BCUT2D eigenvalue weighted by atomic mass is 10.2. The molecule has 8 nitrogen and oxygen atoms in total. The smallest absolute Gasteiger partial charge is 0.408 e. The Morgan fingerprint density at radius 2 is 1.79 bits per heavy atom. The molecule has 9 heteroatoms. The minimum absolute atomic E-state index is 0.0317. The topological polar surface area (TPSA) is 98.6 Å². The molecule has 0 spiro atoms. The molecule has 1 aliphatic rings. The van der Waals surface area contributed by atoms with Gasteiger partial charge in [-0.2, -0.15) is 0 Å². The Labute approximate surface area is 162 Å². The molecule has 0 atom stereocenters. The third-order valence-corrected chi connectivity index (χ3v) is 6.29. The molecular formula is C19H22N4O4S. The number of fused-ring (bicyclic) bond motifs is 1. The van der Waals surface area contributed by atoms with Crippen molar-refractivity contribution < 1.29 is 12.8 Å². The molecule has 0 radical (unpaired) electrons. The van der Waals surface area contributed by atoms with Gasteiger partial charge < -0.3 is 9.32 Å². The molecule has 0 aliphatic carbocycles. The summed E-state index contributed by atoms with van der Waals surface area (Å²) in [6.45, 7) is 5.03.